The number of nitrogens with zero attached hydrogens (tertiary/aromatic N) is 2. The van der Waals surface area contributed by atoms with Crippen LogP contribution in [0.15, 0.2) is 59.0 Å². The SMILES string of the molecule is CCN1CCN(c2ccc(NC(=O)c3ccc(-c4ccc(Cl)cc4)o3)c(C)c2)CC1. The van der Waals surface area contributed by atoms with Gasteiger partial charge < -0.3 is 19.5 Å². The fourth-order valence-electron chi connectivity index (χ4n) is 3.72. The molecule has 30 heavy (non-hydrogen) atoms. The monoisotopic (exact) mass is 423 g/mol. The summed E-state index contributed by atoms with van der Waals surface area (Å²) in [6.45, 7) is 9.55. The van der Waals surface area contributed by atoms with E-state index in [4.69, 9.17) is 16.0 Å². The molecule has 0 unspecified atom stereocenters. The van der Waals surface area contributed by atoms with E-state index in [1.807, 2.05) is 25.1 Å². The fourth-order valence-corrected chi connectivity index (χ4v) is 3.85. The summed E-state index contributed by atoms with van der Waals surface area (Å²) in [6, 6.07) is 17.0. The Morgan fingerprint density at radius 1 is 1.03 bits per heavy atom. The number of amides is 1. The van der Waals surface area contributed by atoms with Crippen LogP contribution in [0.1, 0.15) is 23.0 Å². The molecule has 5 nitrogen and oxygen atoms in total. The zero-order chi connectivity index (χ0) is 21.1. The first-order valence-corrected chi connectivity index (χ1v) is 10.7. The van der Waals surface area contributed by atoms with Gasteiger partial charge in [0.15, 0.2) is 5.76 Å². The lowest BCUT2D eigenvalue weighted by Gasteiger charge is -2.35. The van der Waals surface area contributed by atoms with Crippen molar-refractivity contribution in [3.63, 3.8) is 0 Å². The van der Waals surface area contributed by atoms with Crippen molar-refractivity contribution in [3.8, 4) is 11.3 Å². The fraction of sp³-hybridized carbons (Fsp3) is 0.292. The Kier molecular flexibility index (Phi) is 6.11. The van der Waals surface area contributed by atoms with Crippen LogP contribution in [0.2, 0.25) is 5.02 Å². The molecular formula is C24H26ClN3O2. The van der Waals surface area contributed by atoms with Crippen LogP contribution in [0.25, 0.3) is 11.3 Å². The first-order chi connectivity index (χ1) is 14.5. The number of piperazine rings is 1. The summed E-state index contributed by atoms with van der Waals surface area (Å²) in [4.78, 5) is 17.5. The molecule has 0 spiro atoms. The molecule has 3 aromatic rings. The third kappa shape index (κ3) is 4.53. The maximum absolute atomic E-state index is 12.7. The predicted molar refractivity (Wildman–Crippen MR) is 123 cm³/mol. The minimum atomic E-state index is -0.261. The summed E-state index contributed by atoms with van der Waals surface area (Å²) in [5, 5.41) is 3.63. The number of aryl methyl sites for hydroxylation is 1. The Balaban J connectivity index is 1.43. The van der Waals surface area contributed by atoms with Crippen LogP contribution in [0.4, 0.5) is 11.4 Å². The van der Waals surface area contributed by atoms with Crippen molar-refractivity contribution in [2.75, 3.05) is 42.9 Å². The average Bonchev–Trinajstić information content (AvgIpc) is 3.26. The molecule has 4 rings (SSSR count). The highest BCUT2D eigenvalue weighted by molar-refractivity contribution is 6.30. The summed E-state index contributed by atoms with van der Waals surface area (Å²) >= 11 is 5.93. The number of furan rings is 1. The number of anilines is 2. The minimum Gasteiger partial charge on any atom is -0.451 e. The Morgan fingerprint density at radius 3 is 2.43 bits per heavy atom. The van der Waals surface area contributed by atoms with Gasteiger partial charge >= 0.3 is 0 Å². The highest BCUT2D eigenvalue weighted by atomic mass is 35.5. The summed E-state index contributed by atoms with van der Waals surface area (Å²) < 4.78 is 5.76. The van der Waals surface area contributed by atoms with E-state index >= 15 is 0 Å². The van der Waals surface area contributed by atoms with E-state index in [9.17, 15) is 4.79 Å². The lowest BCUT2D eigenvalue weighted by atomic mass is 10.1. The molecule has 6 heteroatoms. The lowest BCUT2D eigenvalue weighted by molar-refractivity contribution is 0.0997. The highest BCUT2D eigenvalue weighted by Gasteiger charge is 2.17. The molecule has 1 fully saturated rings. The van der Waals surface area contributed by atoms with Gasteiger partial charge in [0.1, 0.15) is 5.76 Å². The Labute approximate surface area is 182 Å². The lowest BCUT2D eigenvalue weighted by Crippen LogP contribution is -2.46. The van der Waals surface area contributed by atoms with Crippen LogP contribution in [0.5, 0.6) is 0 Å². The van der Waals surface area contributed by atoms with Crippen molar-refractivity contribution in [1.29, 1.82) is 0 Å². The smallest absolute Gasteiger partial charge is 0.291 e. The molecule has 0 aliphatic carbocycles. The second-order valence-corrected chi connectivity index (χ2v) is 7.98. The van der Waals surface area contributed by atoms with E-state index in [-0.39, 0.29) is 11.7 Å². The summed E-state index contributed by atoms with van der Waals surface area (Å²) in [5.74, 6) is 0.650. The third-order valence-corrected chi connectivity index (χ3v) is 5.85. The second-order valence-electron chi connectivity index (χ2n) is 7.55. The quantitative estimate of drug-likeness (QED) is 0.604. The molecule has 1 amide bonds. The van der Waals surface area contributed by atoms with Gasteiger partial charge in [-0.05, 0) is 73.6 Å². The van der Waals surface area contributed by atoms with Crippen LogP contribution in [0.3, 0.4) is 0 Å². The van der Waals surface area contributed by atoms with Gasteiger partial charge in [-0.15, -0.1) is 0 Å². The third-order valence-electron chi connectivity index (χ3n) is 5.60. The van der Waals surface area contributed by atoms with Crippen LogP contribution in [-0.2, 0) is 0 Å². The van der Waals surface area contributed by atoms with Gasteiger partial charge in [0.25, 0.3) is 5.91 Å². The normalized spacial score (nSPS) is 14.7. The number of nitrogens with one attached hydrogen (secondary N) is 1. The maximum Gasteiger partial charge on any atom is 0.291 e. The first-order valence-electron chi connectivity index (χ1n) is 10.3. The van der Waals surface area contributed by atoms with Gasteiger partial charge in [-0.3, -0.25) is 4.79 Å². The van der Waals surface area contributed by atoms with Crippen molar-refractivity contribution in [1.82, 2.24) is 4.90 Å². The Bertz CT molecular complexity index is 1020. The van der Waals surface area contributed by atoms with Crippen LogP contribution in [0, 0.1) is 6.92 Å². The molecule has 1 saturated heterocycles. The highest BCUT2D eigenvalue weighted by Crippen LogP contribution is 2.26. The van der Waals surface area contributed by atoms with Crippen LogP contribution < -0.4 is 10.2 Å². The zero-order valence-corrected chi connectivity index (χ0v) is 18.1. The zero-order valence-electron chi connectivity index (χ0n) is 17.3. The minimum absolute atomic E-state index is 0.261. The van der Waals surface area contributed by atoms with Crippen LogP contribution >= 0.6 is 11.6 Å². The summed E-state index contributed by atoms with van der Waals surface area (Å²) in [7, 11) is 0. The average molecular weight is 424 g/mol. The van der Waals surface area contributed by atoms with Crippen molar-refractivity contribution < 1.29 is 9.21 Å². The van der Waals surface area contributed by atoms with E-state index in [1.165, 1.54) is 5.69 Å². The molecule has 2 aromatic carbocycles. The molecule has 156 valence electrons. The molecule has 1 aromatic heterocycles. The van der Waals surface area contributed by atoms with Gasteiger partial charge in [-0.25, -0.2) is 0 Å². The van der Waals surface area contributed by atoms with Gasteiger partial charge in [0.2, 0.25) is 0 Å². The predicted octanol–water partition coefficient (Wildman–Crippen LogP) is 5.30. The number of carbonyl (C=O) groups excluding carboxylic acids is 1. The van der Waals surface area contributed by atoms with Gasteiger partial charge in [0, 0.05) is 48.1 Å². The summed E-state index contributed by atoms with van der Waals surface area (Å²) in [5.41, 5.74) is 3.90. The molecule has 0 saturated carbocycles. The number of hydrogen-bond donors (Lipinski definition) is 1. The van der Waals surface area contributed by atoms with Crippen LogP contribution in [-0.4, -0.2) is 43.5 Å². The van der Waals surface area contributed by atoms with Crippen molar-refractivity contribution in [3.05, 3.63) is 70.9 Å². The maximum atomic E-state index is 12.7. The van der Waals surface area contributed by atoms with E-state index in [2.05, 4.69) is 34.2 Å². The Hall–Kier alpha value is -2.76. The van der Waals surface area contributed by atoms with Gasteiger partial charge in [0.05, 0.1) is 0 Å². The van der Waals surface area contributed by atoms with E-state index in [0.29, 0.717) is 10.8 Å². The first kappa shape index (κ1) is 20.5. The van der Waals surface area contributed by atoms with Gasteiger partial charge in [-0.2, -0.15) is 0 Å². The van der Waals surface area contributed by atoms with E-state index < -0.39 is 0 Å². The molecular weight excluding hydrogens is 398 g/mol. The standard InChI is InChI=1S/C24H26ClN3O2/c1-3-27-12-14-28(15-13-27)20-8-9-21(17(2)16-20)26-24(29)23-11-10-22(30-23)18-4-6-19(25)7-5-18/h4-11,16H,3,12-15H2,1-2H3,(H,26,29). The van der Waals surface area contributed by atoms with Gasteiger partial charge in [-0.1, -0.05) is 18.5 Å². The molecule has 1 N–H and O–H groups in total. The number of benzene rings is 2. The molecule has 0 bridgehead atoms. The molecule has 0 radical (unpaired) electrons. The molecule has 1 aliphatic heterocycles. The summed E-state index contributed by atoms with van der Waals surface area (Å²) in [6.07, 6.45) is 0. The largest absolute Gasteiger partial charge is 0.451 e. The molecule has 2 heterocycles. The van der Waals surface area contributed by atoms with Crippen molar-refractivity contribution >= 4 is 28.9 Å². The topological polar surface area (TPSA) is 48.7 Å². The number of hydrogen-bond acceptors (Lipinski definition) is 4. The number of halogens is 1. The van der Waals surface area contributed by atoms with E-state index in [1.54, 1.807) is 24.3 Å². The number of rotatable bonds is 5. The molecule has 1 aliphatic rings. The number of likely N-dealkylation sites (N-methyl/N-ethyl adjacent to an activating group) is 1. The second kappa shape index (κ2) is 8.94. The van der Waals surface area contributed by atoms with Crippen molar-refractivity contribution in [2.24, 2.45) is 0 Å². The van der Waals surface area contributed by atoms with E-state index in [0.717, 1.165) is 49.5 Å². The number of carbonyl (C=O) groups is 1. The Morgan fingerprint density at radius 2 is 1.77 bits per heavy atom. The van der Waals surface area contributed by atoms with Crippen molar-refractivity contribution in [2.45, 2.75) is 13.8 Å². The molecule has 0 atom stereocenters.